The van der Waals surface area contributed by atoms with Crippen LogP contribution < -0.4 is 0 Å². The fourth-order valence-electron chi connectivity index (χ4n) is 3.54. The lowest BCUT2D eigenvalue weighted by Crippen LogP contribution is -2.54. The summed E-state index contributed by atoms with van der Waals surface area (Å²) in [5.74, 6) is 0.0413. The number of likely N-dealkylation sites (tertiary alicyclic amines) is 1. The Morgan fingerprint density at radius 1 is 1.07 bits per heavy atom. The van der Waals surface area contributed by atoms with Crippen molar-refractivity contribution >= 4 is 13.7 Å². The number of rotatable bonds is 13. The van der Waals surface area contributed by atoms with Gasteiger partial charge in [-0.2, -0.15) is 0 Å². The number of phosphoric ester groups is 1. The standard InChI is InChI=1S/C21H34NO5P/c1-2-3-4-6-10-18-12-9-13-19(15-18)11-7-5-8-14-21(23)22-16-20(17-22)27-28(24,25)26/h9,12-13,15,20H,2-8,10-11,14,16-17H2,1H3,(H2,24,25,26). The van der Waals surface area contributed by atoms with Gasteiger partial charge in [-0.05, 0) is 43.2 Å². The highest BCUT2D eigenvalue weighted by molar-refractivity contribution is 7.46. The van der Waals surface area contributed by atoms with Crippen LogP contribution >= 0.6 is 7.82 Å². The molecule has 0 saturated carbocycles. The Bertz CT molecular complexity index is 654. The second kappa shape index (κ2) is 11.7. The minimum Gasteiger partial charge on any atom is -0.337 e. The average Bonchev–Trinajstić information content (AvgIpc) is 2.60. The fraction of sp³-hybridized carbons (Fsp3) is 0.667. The van der Waals surface area contributed by atoms with Crippen LogP contribution in [-0.2, 0) is 26.7 Å². The summed E-state index contributed by atoms with van der Waals surface area (Å²) in [6, 6.07) is 8.86. The van der Waals surface area contributed by atoms with E-state index in [0.717, 1.165) is 32.1 Å². The SMILES string of the molecule is CCCCCCc1cccc(CCCCCC(=O)N2CC(OP(=O)(O)O)C2)c1. The maximum Gasteiger partial charge on any atom is 0.469 e. The van der Waals surface area contributed by atoms with Crippen LogP contribution in [0.3, 0.4) is 0 Å². The second-order valence-electron chi connectivity index (χ2n) is 7.71. The van der Waals surface area contributed by atoms with Crippen LogP contribution in [0.15, 0.2) is 24.3 Å². The number of amides is 1. The zero-order chi connectivity index (χ0) is 20.4. The van der Waals surface area contributed by atoms with Crippen molar-refractivity contribution in [2.75, 3.05) is 13.1 Å². The summed E-state index contributed by atoms with van der Waals surface area (Å²) < 4.78 is 15.3. The highest BCUT2D eigenvalue weighted by Gasteiger charge is 2.35. The van der Waals surface area contributed by atoms with Gasteiger partial charge in [0, 0.05) is 19.5 Å². The highest BCUT2D eigenvalue weighted by Crippen LogP contribution is 2.39. The maximum atomic E-state index is 12.0. The monoisotopic (exact) mass is 411 g/mol. The van der Waals surface area contributed by atoms with Crippen LogP contribution in [0, 0.1) is 0 Å². The van der Waals surface area contributed by atoms with E-state index in [-0.39, 0.29) is 19.0 Å². The van der Waals surface area contributed by atoms with Crippen molar-refractivity contribution in [3.05, 3.63) is 35.4 Å². The zero-order valence-corrected chi connectivity index (χ0v) is 17.8. The van der Waals surface area contributed by atoms with E-state index >= 15 is 0 Å². The molecule has 0 aliphatic carbocycles. The fourth-order valence-corrected chi connectivity index (χ4v) is 4.06. The maximum absolute atomic E-state index is 12.0. The van der Waals surface area contributed by atoms with Gasteiger partial charge in [0.15, 0.2) is 0 Å². The Morgan fingerprint density at radius 3 is 2.25 bits per heavy atom. The molecule has 7 heteroatoms. The number of aryl methyl sites for hydroxylation is 2. The van der Waals surface area contributed by atoms with Crippen LogP contribution in [0.2, 0.25) is 0 Å². The number of unbranched alkanes of at least 4 members (excludes halogenated alkanes) is 5. The first-order valence-electron chi connectivity index (χ1n) is 10.5. The zero-order valence-electron chi connectivity index (χ0n) is 16.9. The molecular formula is C21H34NO5P. The van der Waals surface area contributed by atoms with Gasteiger partial charge in [0.2, 0.25) is 5.91 Å². The Labute approximate surface area is 168 Å². The van der Waals surface area contributed by atoms with Gasteiger partial charge < -0.3 is 14.7 Å². The molecule has 1 aromatic carbocycles. The normalized spacial score (nSPS) is 14.9. The first-order valence-corrected chi connectivity index (χ1v) is 12.0. The summed E-state index contributed by atoms with van der Waals surface area (Å²) in [4.78, 5) is 31.1. The molecule has 1 amide bonds. The first-order chi connectivity index (χ1) is 13.4. The number of carbonyl (C=O) groups is 1. The van der Waals surface area contributed by atoms with E-state index in [2.05, 4.69) is 35.7 Å². The lowest BCUT2D eigenvalue weighted by Gasteiger charge is -2.38. The molecule has 2 rings (SSSR count). The van der Waals surface area contributed by atoms with Crippen molar-refractivity contribution in [3.8, 4) is 0 Å². The van der Waals surface area contributed by atoms with Gasteiger partial charge in [-0.25, -0.2) is 4.57 Å². The van der Waals surface area contributed by atoms with Gasteiger partial charge in [0.25, 0.3) is 0 Å². The first kappa shape index (κ1) is 23.1. The number of phosphoric acid groups is 1. The van der Waals surface area contributed by atoms with Crippen LogP contribution in [0.1, 0.15) is 69.4 Å². The van der Waals surface area contributed by atoms with Crippen molar-refractivity contribution in [2.24, 2.45) is 0 Å². The molecule has 1 saturated heterocycles. The van der Waals surface area contributed by atoms with Crippen LogP contribution in [0.5, 0.6) is 0 Å². The Balaban J connectivity index is 1.56. The third kappa shape index (κ3) is 8.87. The van der Waals surface area contributed by atoms with Crippen molar-refractivity contribution in [3.63, 3.8) is 0 Å². The topological polar surface area (TPSA) is 87.1 Å². The second-order valence-corrected chi connectivity index (χ2v) is 8.90. The molecule has 1 aliphatic rings. The number of benzene rings is 1. The lowest BCUT2D eigenvalue weighted by atomic mass is 10.0. The largest absolute Gasteiger partial charge is 0.469 e. The van der Waals surface area contributed by atoms with E-state index in [1.807, 2.05) is 0 Å². The third-order valence-corrected chi connectivity index (χ3v) is 5.73. The Morgan fingerprint density at radius 2 is 1.68 bits per heavy atom. The highest BCUT2D eigenvalue weighted by atomic mass is 31.2. The van der Waals surface area contributed by atoms with E-state index in [0.29, 0.717) is 6.42 Å². The minimum atomic E-state index is -4.45. The van der Waals surface area contributed by atoms with Gasteiger partial charge in [-0.3, -0.25) is 9.32 Å². The van der Waals surface area contributed by atoms with Crippen molar-refractivity contribution in [1.82, 2.24) is 4.90 Å². The van der Waals surface area contributed by atoms with E-state index in [9.17, 15) is 9.36 Å². The molecule has 1 aromatic rings. The number of hydrogen-bond acceptors (Lipinski definition) is 3. The summed E-state index contributed by atoms with van der Waals surface area (Å²) in [7, 11) is -4.45. The Hall–Kier alpha value is -1.20. The van der Waals surface area contributed by atoms with Crippen LogP contribution in [0.4, 0.5) is 0 Å². The van der Waals surface area contributed by atoms with Gasteiger partial charge in [0.1, 0.15) is 6.10 Å². The van der Waals surface area contributed by atoms with E-state index in [1.54, 1.807) is 4.90 Å². The molecular weight excluding hydrogens is 377 g/mol. The third-order valence-electron chi connectivity index (χ3n) is 5.15. The van der Waals surface area contributed by atoms with Gasteiger partial charge in [-0.15, -0.1) is 0 Å². The van der Waals surface area contributed by atoms with Gasteiger partial charge in [0.05, 0.1) is 0 Å². The molecule has 0 bridgehead atoms. The van der Waals surface area contributed by atoms with Crippen LogP contribution in [0.25, 0.3) is 0 Å². The molecule has 0 atom stereocenters. The molecule has 1 aliphatic heterocycles. The van der Waals surface area contributed by atoms with E-state index in [1.165, 1.54) is 36.8 Å². The van der Waals surface area contributed by atoms with E-state index in [4.69, 9.17) is 9.79 Å². The molecule has 0 unspecified atom stereocenters. The summed E-state index contributed by atoms with van der Waals surface area (Å²) in [6.45, 7) is 2.78. The molecule has 0 spiro atoms. The smallest absolute Gasteiger partial charge is 0.337 e. The van der Waals surface area contributed by atoms with Crippen molar-refractivity contribution in [1.29, 1.82) is 0 Å². The molecule has 1 heterocycles. The van der Waals surface area contributed by atoms with Crippen molar-refractivity contribution < 1.29 is 23.7 Å². The number of nitrogens with zero attached hydrogens (tertiary/aromatic N) is 1. The summed E-state index contributed by atoms with van der Waals surface area (Å²) in [6.07, 6.45) is 10.2. The molecule has 1 fully saturated rings. The molecule has 0 aromatic heterocycles. The summed E-state index contributed by atoms with van der Waals surface area (Å²) in [5, 5.41) is 0. The quantitative estimate of drug-likeness (QED) is 0.375. The summed E-state index contributed by atoms with van der Waals surface area (Å²) in [5.41, 5.74) is 2.80. The number of carbonyl (C=O) groups excluding carboxylic acids is 1. The molecule has 28 heavy (non-hydrogen) atoms. The predicted molar refractivity (Wildman–Crippen MR) is 110 cm³/mol. The molecule has 0 radical (unpaired) electrons. The molecule has 2 N–H and O–H groups in total. The number of hydrogen-bond donors (Lipinski definition) is 2. The molecule has 158 valence electrons. The van der Waals surface area contributed by atoms with Gasteiger partial charge >= 0.3 is 7.82 Å². The van der Waals surface area contributed by atoms with Crippen molar-refractivity contribution in [2.45, 2.75) is 77.2 Å². The Kier molecular flexibility index (Phi) is 9.66. The summed E-state index contributed by atoms with van der Waals surface area (Å²) >= 11 is 0. The molecule has 6 nitrogen and oxygen atoms in total. The predicted octanol–water partition coefficient (Wildman–Crippen LogP) is 4.23. The average molecular weight is 411 g/mol. The van der Waals surface area contributed by atoms with Gasteiger partial charge in [-0.1, -0.05) is 56.9 Å². The lowest BCUT2D eigenvalue weighted by molar-refractivity contribution is -0.140. The van der Waals surface area contributed by atoms with E-state index < -0.39 is 13.9 Å². The van der Waals surface area contributed by atoms with Crippen LogP contribution in [-0.4, -0.2) is 39.8 Å². The minimum absolute atomic E-state index is 0.0413.